The van der Waals surface area contributed by atoms with E-state index in [-0.39, 0.29) is 6.04 Å². The molecular formula is C13H17ClN4. The zero-order valence-corrected chi connectivity index (χ0v) is 11.3. The molecule has 5 heteroatoms. The van der Waals surface area contributed by atoms with Gasteiger partial charge in [-0.15, -0.1) is 0 Å². The average Bonchev–Trinajstić information content (AvgIpc) is 2.83. The van der Waals surface area contributed by atoms with E-state index in [4.69, 9.17) is 17.4 Å². The van der Waals surface area contributed by atoms with Crippen LogP contribution in [0, 0.1) is 6.92 Å². The Balaban J connectivity index is 2.49. The fourth-order valence-corrected chi connectivity index (χ4v) is 2.27. The zero-order valence-electron chi connectivity index (χ0n) is 10.5. The first-order chi connectivity index (χ1) is 8.69. The van der Waals surface area contributed by atoms with Gasteiger partial charge in [-0.2, -0.15) is 0 Å². The van der Waals surface area contributed by atoms with E-state index in [0.29, 0.717) is 0 Å². The van der Waals surface area contributed by atoms with E-state index in [0.717, 1.165) is 28.5 Å². The molecule has 0 spiro atoms. The van der Waals surface area contributed by atoms with Crippen LogP contribution in [0.1, 0.15) is 29.9 Å². The Kier molecular flexibility index (Phi) is 4.01. The SMILES string of the molecule is CCn1ccnc1C(NN)c1cccc(Cl)c1C. The summed E-state index contributed by atoms with van der Waals surface area (Å²) in [5, 5.41) is 0.738. The minimum atomic E-state index is -0.154. The van der Waals surface area contributed by atoms with Gasteiger partial charge in [0.25, 0.3) is 0 Å². The molecule has 3 N–H and O–H groups in total. The summed E-state index contributed by atoms with van der Waals surface area (Å²) in [4.78, 5) is 4.38. The van der Waals surface area contributed by atoms with Gasteiger partial charge in [-0.1, -0.05) is 23.7 Å². The van der Waals surface area contributed by atoms with E-state index >= 15 is 0 Å². The molecular weight excluding hydrogens is 248 g/mol. The first-order valence-electron chi connectivity index (χ1n) is 5.91. The highest BCUT2D eigenvalue weighted by Gasteiger charge is 2.19. The van der Waals surface area contributed by atoms with Crippen LogP contribution in [0.25, 0.3) is 0 Å². The van der Waals surface area contributed by atoms with Gasteiger partial charge >= 0.3 is 0 Å². The molecule has 1 aromatic carbocycles. The van der Waals surface area contributed by atoms with Crippen LogP contribution in [-0.4, -0.2) is 9.55 Å². The fraction of sp³-hybridized carbons (Fsp3) is 0.308. The molecule has 4 nitrogen and oxygen atoms in total. The Morgan fingerprint density at radius 1 is 1.50 bits per heavy atom. The van der Waals surface area contributed by atoms with Gasteiger partial charge in [-0.05, 0) is 31.0 Å². The second kappa shape index (κ2) is 5.52. The first-order valence-corrected chi connectivity index (χ1v) is 6.29. The zero-order chi connectivity index (χ0) is 13.1. The van der Waals surface area contributed by atoms with Crippen LogP contribution in [0.2, 0.25) is 5.02 Å². The summed E-state index contributed by atoms with van der Waals surface area (Å²) in [5.74, 6) is 6.59. The molecule has 0 saturated heterocycles. The largest absolute Gasteiger partial charge is 0.334 e. The molecule has 2 aromatic rings. The number of imidazole rings is 1. The van der Waals surface area contributed by atoms with E-state index in [1.807, 2.05) is 31.3 Å². The quantitative estimate of drug-likeness (QED) is 0.659. The second-order valence-corrected chi connectivity index (χ2v) is 4.53. The van der Waals surface area contributed by atoms with Crippen molar-refractivity contribution in [1.82, 2.24) is 15.0 Å². The molecule has 1 atom stereocenters. The van der Waals surface area contributed by atoms with Gasteiger partial charge < -0.3 is 4.57 Å². The van der Waals surface area contributed by atoms with Crippen LogP contribution in [0.4, 0.5) is 0 Å². The minimum absolute atomic E-state index is 0.154. The van der Waals surface area contributed by atoms with Crippen molar-refractivity contribution in [2.24, 2.45) is 5.84 Å². The number of aryl methyl sites for hydroxylation is 1. The van der Waals surface area contributed by atoms with E-state index in [2.05, 4.69) is 21.9 Å². The summed E-state index contributed by atoms with van der Waals surface area (Å²) in [6, 6.07) is 5.66. The normalized spacial score (nSPS) is 12.7. The Morgan fingerprint density at radius 2 is 2.28 bits per heavy atom. The Bertz CT molecular complexity index is 536. The van der Waals surface area contributed by atoms with Crippen LogP contribution in [0.15, 0.2) is 30.6 Å². The highest BCUT2D eigenvalue weighted by atomic mass is 35.5. The van der Waals surface area contributed by atoms with E-state index in [9.17, 15) is 0 Å². The monoisotopic (exact) mass is 264 g/mol. The maximum absolute atomic E-state index is 6.15. The first kappa shape index (κ1) is 13.1. The van der Waals surface area contributed by atoms with Gasteiger partial charge in [0.1, 0.15) is 11.9 Å². The third-order valence-corrected chi connectivity index (χ3v) is 3.54. The molecule has 1 unspecified atom stereocenters. The van der Waals surface area contributed by atoms with Crippen molar-refractivity contribution in [2.45, 2.75) is 26.4 Å². The number of rotatable bonds is 4. The maximum Gasteiger partial charge on any atom is 0.131 e. The summed E-state index contributed by atoms with van der Waals surface area (Å²) >= 11 is 6.15. The van der Waals surface area contributed by atoms with Crippen molar-refractivity contribution in [3.63, 3.8) is 0 Å². The highest BCUT2D eigenvalue weighted by molar-refractivity contribution is 6.31. The van der Waals surface area contributed by atoms with Crippen LogP contribution < -0.4 is 11.3 Å². The summed E-state index contributed by atoms with van der Waals surface area (Å²) in [5.41, 5.74) is 4.89. The molecule has 0 aliphatic carbocycles. The van der Waals surface area contributed by atoms with Crippen molar-refractivity contribution >= 4 is 11.6 Å². The smallest absolute Gasteiger partial charge is 0.131 e. The van der Waals surface area contributed by atoms with Crippen LogP contribution in [0.3, 0.4) is 0 Å². The molecule has 96 valence electrons. The molecule has 1 heterocycles. The average molecular weight is 265 g/mol. The third-order valence-electron chi connectivity index (χ3n) is 3.13. The van der Waals surface area contributed by atoms with Crippen molar-refractivity contribution in [3.05, 3.63) is 52.6 Å². The van der Waals surface area contributed by atoms with Crippen molar-refractivity contribution in [2.75, 3.05) is 0 Å². The Morgan fingerprint density at radius 3 is 2.94 bits per heavy atom. The fourth-order valence-electron chi connectivity index (χ4n) is 2.09. The second-order valence-electron chi connectivity index (χ2n) is 4.13. The summed E-state index contributed by atoms with van der Waals surface area (Å²) in [6.07, 6.45) is 3.72. The molecule has 1 aromatic heterocycles. The number of hydrogen-bond acceptors (Lipinski definition) is 3. The topological polar surface area (TPSA) is 55.9 Å². The minimum Gasteiger partial charge on any atom is -0.334 e. The maximum atomic E-state index is 6.15. The molecule has 0 aliphatic heterocycles. The molecule has 2 rings (SSSR count). The summed E-state index contributed by atoms with van der Waals surface area (Å²) in [7, 11) is 0. The van der Waals surface area contributed by atoms with Crippen molar-refractivity contribution in [3.8, 4) is 0 Å². The van der Waals surface area contributed by atoms with Crippen molar-refractivity contribution < 1.29 is 0 Å². The van der Waals surface area contributed by atoms with Gasteiger partial charge in [0.15, 0.2) is 0 Å². The summed E-state index contributed by atoms with van der Waals surface area (Å²) < 4.78 is 2.06. The number of nitrogens with one attached hydrogen (secondary N) is 1. The number of benzene rings is 1. The van der Waals surface area contributed by atoms with E-state index < -0.39 is 0 Å². The van der Waals surface area contributed by atoms with Gasteiger partial charge in [0.2, 0.25) is 0 Å². The van der Waals surface area contributed by atoms with Crippen molar-refractivity contribution in [1.29, 1.82) is 0 Å². The Hall–Kier alpha value is -1.36. The summed E-state index contributed by atoms with van der Waals surface area (Å²) in [6.45, 7) is 4.91. The lowest BCUT2D eigenvalue weighted by Crippen LogP contribution is -2.31. The lowest BCUT2D eigenvalue weighted by molar-refractivity contribution is 0.559. The van der Waals surface area contributed by atoms with Gasteiger partial charge in [0, 0.05) is 24.0 Å². The Labute approximate surface area is 112 Å². The molecule has 18 heavy (non-hydrogen) atoms. The van der Waals surface area contributed by atoms with Gasteiger partial charge in [0.05, 0.1) is 0 Å². The van der Waals surface area contributed by atoms with E-state index in [1.165, 1.54) is 0 Å². The lowest BCUT2D eigenvalue weighted by atomic mass is 10.0. The molecule has 0 fully saturated rings. The number of aromatic nitrogens is 2. The van der Waals surface area contributed by atoms with Gasteiger partial charge in [-0.3, -0.25) is 5.84 Å². The predicted octanol–water partition coefficient (Wildman–Crippen LogP) is 2.42. The van der Waals surface area contributed by atoms with Crippen LogP contribution >= 0.6 is 11.6 Å². The number of nitrogens with two attached hydrogens (primary N) is 1. The molecule has 0 radical (unpaired) electrons. The van der Waals surface area contributed by atoms with Crippen LogP contribution in [0.5, 0.6) is 0 Å². The highest BCUT2D eigenvalue weighted by Crippen LogP contribution is 2.27. The number of hydrazine groups is 1. The van der Waals surface area contributed by atoms with Crippen LogP contribution in [-0.2, 0) is 6.54 Å². The molecule has 0 amide bonds. The molecule has 0 bridgehead atoms. The standard InChI is InChI=1S/C13H17ClN4/c1-3-18-8-7-16-13(18)12(17-15)10-5-4-6-11(14)9(10)2/h4-8,12,17H,3,15H2,1-2H3. The third kappa shape index (κ3) is 2.27. The van der Waals surface area contributed by atoms with Gasteiger partial charge in [-0.25, -0.2) is 10.4 Å². The lowest BCUT2D eigenvalue weighted by Gasteiger charge is -2.19. The predicted molar refractivity (Wildman–Crippen MR) is 73.3 cm³/mol. The molecule has 0 saturated carbocycles. The molecule has 0 aliphatic rings. The number of nitrogens with zero attached hydrogens (tertiary/aromatic N) is 2. The van der Waals surface area contributed by atoms with E-state index in [1.54, 1.807) is 6.20 Å². The number of halogens is 1. The number of hydrogen-bond donors (Lipinski definition) is 2.